The van der Waals surface area contributed by atoms with E-state index < -0.39 is 11.7 Å². The van der Waals surface area contributed by atoms with Gasteiger partial charge in [-0.15, -0.1) is 0 Å². The van der Waals surface area contributed by atoms with Crippen LogP contribution < -0.4 is 5.01 Å². The SMILES string of the molecule is CC1=NN(c2ccc(Cl)cc2)C(=O)C1(O)O. The number of amides is 1. The van der Waals surface area contributed by atoms with Gasteiger partial charge in [0.15, 0.2) is 0 Å². The molecule has 2 rings (SSSR count). The van der Waals surface area contributed by atoms with Crippen molar-refractivity contribution in [3.63, 3.8) is 0 Å². The minimum Gasteiger partial charge on any atom is -0.354 e. The van der Waals surface area contributed by atoms with E-state index in [9.17, 15) is 15.0 Å². The lowest BCUT2D eigenvalue weighted by Crippen LogP contribution is -2.45. The van der Waals surface area contributed by atoms with Gasteiger partial charge in [-0.05, 0) is 31.2 Å². The molecule has 5 nitrogen and oxygen atoms in total. The van der Waals surface area contributed by atoms with Gasteiger partial charge in [-0.2, -0.15) is 10.1 Å². The number of rotatable bonds is 1. The van der Waals surface area contributed by atoms with Crippen LogP contribution in [0.3, 0.4) is 0 Å². The fraction of sp³-hybridized carbons (Fsp3) is 0.200. The van der Waals surface area contributed by atoms with Gasteiger partial charge in [-0.25, -0.2) is 0 Å². The second-order valence-electron chi connectivity index (χ2n) is 3.45. The molecule has 0 spiro atoms. The van der Waals surface area contributed by atoms with E-state index in [0.29, 0.717) is 10.7 Å². The molecular weight excluding hydrogens is 232 g/mol. The van der Waals surface area contributed by atoms with Crippen molar-refractivity contribution in [3.8, 4) is 0 Å². The number of carbonyl (C=O) groups excluding carboxylic acids is 1. The molecule has 0 unspecified atom stereocenters. The highest BCUT2D eigenvalue weighted by Crippen LogP contribution is 2.25. The van der Waals surface area contributed by atoms with Gasteiger partial charge in [0.2, 0.25) is 0 Å². The van der Waals surface area contributed by atoms with Crippen LogP contribution in [0.4, 0.5) is 5.69 Å². The van der Waals surface area contributed by atoms with E-state index in [1.54, 1.807) is 24.3 Å². The summed E-state index contributed by atoms with van der Waals surface area (Å²) in [5.41, 5.74) is 0.367. The van der Waals surface area contributed by atoms with Crippen molar-refractivity contribution in [1.29, 1.82) is 0 Å². The maximum Gasteiger partial charge on any atom is 0.313 e. The topological polar surface area (TPSA) is 73.1 Å². The van der Waals surface area contributed by atoms with E-state index in [1.807, 2.05) is 0 Å². The fourth-order valence-electron chi connectivity index (χ4n) is 1.32. The largest absolute Gasteiger partial charge is 0.354 e. The Balaban J connectivity index is 2.38. The summed E-state index contributed by atoms with van der Waals surface area (Å²) in [5.74, 6) is -3.41. The first kappa shape index (κ1) is 11.1. The number of carbonyl (C=O) groups is 1. The molecule has 0 atom stereocenters. The minimum absolute atomic E-state index is 0.0625. The zero-order chi connectivity index (χ0) is 11.9. The second-order valence-corrected chi connectivity index (χ2v) is 3.89. The highest BCUT2D eigenvalue weighted by atomic mass is 35.5. The first-order valence-corrected chi connectivity index (χ1v) is 4.91. The van der Waals surface area contributed by atoms with Gasteiger partial charge < -0.3 is 10.2 Å². The molecule has 1 amide bonds. The van der Waals surface area contributed by atoms with Crippen molar-refractivity contribution < 1.29 is 15.0 Å². The molecule has 1 aromatic carbocycles. The Labute approximate surface area is 96.6 Å². The maximum atomic E-state index is 11.6. The molecule has 1 heterocycles. The molecule has 2 N–H and O–H groups in total. The minimum atomic E-state index is -2.51. The summed E-state index contributed by atoms with van der Waals surface area (Å²) >= 11 is 5.70. The van der Waals surface area contributed by atoms with Crippen LogP contribution in [0.15, 0.2) is 29.4 Å². The van der Waals surface area contributed by atoms with Crippen LogP contribution in [0.2, 0.25) is 5.02 Å². The third-order valence-corrected chi connectivity index (χ3v) is 2.57. The molecule has 0 saturated heterocycles. The summed E-state index contributed by atoms with van der Waals surface area (Å²) in [7, 11) is 0. The van der Waals surface area contributed by atoms with Crippen molar-refractivity contribution in [2.45, 2.75) is 12.7 Å². The number of aliphatic hydroxyl groups is 2. The average Bonchev–Trinajstić information content (AvgIpc) is 2.44. The van der Waals surface area contributed by atoms with Crippen LogP contribution in [0.25, 0.3) is 0 Å². The van der Waals surface area contributed by atoms with E-state index in [4.69, 9.17) is 11.6 Å². The Bertz CT molecular complexity index is 467. The second kappa shape index (κ2) is 3.55. The molecule has 0 aliphatic carbocycles. The van der Waals surface area contributed by atoms with Gasteiger partial charge in [0.05, 0.1) is 5.69 Å². The summed E-state index contributed by atoms with van der Waals surface area (Å²) in [6.07, 6.45) is 0. The van der Waals surface area contributed by atoms with Gasteiger partial charge >= 0.3 is 5.91 Å². The number of hydrogen-bond donors (Lipinski definition) is 2. The van der Waals surface area contributed by atoms with Crippen molar-refractivity contribution in [2.24, 2.45) is 5.10 Å². The standard InChI is InChI=1S/C10H9ClN2O3/c1-6-10(15,16)9(14)13(12-6)8-4-2-7(11)3-5-8/h2-5,15-16H,1H3. The molecule has 16 heavy (non-hydrogen) atoms. The molecule has 6 heteroatoms. The lowest BCUT2D eigenvalue weighted by atomic mass is 10.2. The lowest BCUT2D eigenvalue weighted by Gasteiger charge is -2.16. The van der Waals surface area contributed by atoms with Gasteiger partial charge in [0.1, 0.15) is 5.71 Å². The summed E-state index contributed by atoms with van der Waals surface area (Å²) in [4.78, 5) is 11.6. The zero-order valence-corrected chi connectivity index (χ0v) is 9.14. The van der Waals surface area contributed by atoms with Crippen LogP contribution in [-0.4, -0.2) is 27.6 Å². The van der Waals surface area contributed by atoms with Crippen molar-refractivity contribution in [3.05, 3.63) is 29.3 Å². The van der Waals surface area contributed by atoms with Crippen LogP contribution in [0, 0.1) is 0 Å². The number of anilines is 1. The number of benzene rings is 1. The van der Waals surface area contributed by atoms with Crippen molar-refractivity contribution in [2.75, 3.05) is 5.01 Å². The molecule has 0 radical (unpaired) electrons. The predicted octanol–water partition coefficient (Wildman–Crippen LogP) is 0.743. The number of hydrazone groups is 1. The first-order chi connectivity index (χ1) is 7.43. The Morgan fingerprint density at radius 1 is 1.31 bits per heavy atom. The van der Waals surface area contributed by atoms with Gasteiger partial charge in [-0.3, -0.25) is 4.79 Å². The van der Waals surface area contributed by atoms with Gasteiger partial charge in [0.25, 0.3) is 5.79 Å². The first-order valence-electron chi connectivity index (χ1n) is 4.53. The normalized spacial score (nSPS) is 18.9. The molecule has 84 valence electrons. The molecule has 1 aliphatic rings. The molecule has 0 bridgehead atoms. The summed E-state index contributed by atoms with van der Waals surface area (Å²) in [6, 6.07) is 6.31. The maximum absolute atomic E-state index is 11.6. The highest BCUT2D eigenvalue weighted by molar-refractivity contribution is 6.30. The molecule has 0 saturated carbocycles. The third-order valence-electron chi connectivity index (χ3n) is 2.32. The van der Waals surface area contributed by atoms with Crippen LogP contribution in [0.1, 0.15) is 6.92 Å². The fourth-order valence-corrected chi connectivity index (χ4v) is 1.45. The molecule has 0 aromatic heterocycles. The molecular formula is C10H9ClN2O3. The molecule has 0 fully saturated rings. The van der Waals surface area contributed by atoms with Crippen molar-refractivity contribution >= 4 is 28.9 Å². The highest BCUT2D eigenvalue weighted by Gasteiger charge is 2.46. The molecule has 1 aliphatic heterocycles. The van der Waals surface area contributed by atoms with E-state index in [1.165, 1.54) is 6.92 Å². The van der Waals surface area contributed by atoms with Crippen molar-refractivity contribution in [1.82, 2.24) is 0 Å². The summed E-state index contributed by atoms with van der Waals surface area (Å²) in [6.45, 7) is 1.37. The van der Waals surface area contributed by atoms with Crippen LogP contribution in [-0.2, 0) is 4.79 Å². The smallest absolute Gasteiger partial charge is 0.313 e. The van der Waals surface area contributed by atoms with Crippen LogP contribution >= 0.6 is 11.6 Å². The summed E-state index contributed by atoms with van der Waals surface area (Å²) in [5, 5.41) is 24.1. The van der Waals surface area contributed by atoms with Crippen LogP contribution in [0.5, 0.6) is 0 Å². The van der Waals surface area contributed by atoms with E-state index in [0.717, 1.165) is 5.01 Å². The average molecular weight is 241 g/mol. The third kappa shape index (κ3) is 1.59. The Morgan fingerprint density at radius 2 is 1.88 bits per heavy atom. The quantitative estimate of drug-likeness (QED) is 0.712. The lowest BCUT2D eigenvalue weighted by molar-refractivity contribution is -0.156. The van der Waals surface area contributed by atoms with E-state index in [-0.39, 0.29) is 5.71 Å². The van der Waals surface area contributed by atoms with Gasteiger partial charge in [-0.1, -0.05) is 11.6 Å². The number of halogens is 1. The number of hydrogen-bond acceptors (Lipinski definition) is 4. The Kier molecular flexibility index (Phi) is 2.46. The predicted molar refractivity (Wildman–Crippen MR) is 59.2 cm³/mol. The van der Waals surface area contributed by atoms with E-state index in [2.05, 4.69) is 5.10 Å². The van der Waals surface area contributed by atoms with Gasteiger partial charge in [0, 0.05) is 5.02 Å². The molecule has 1 aromatic rings. The zero-order valence-electron chi connectivity index (χ0n) is 8.38. The van der Waals surface area contributed by atoms with E-state index >= 15 is 0 Å². The Hall–Kier alpha value is -1.43. The monoisotopic (exact) mass is 240 g/mol. The number of nitrogens with zero attached hydrogens (tertiary/aromatic N) is 2. The summed E-state index contributed by atoms with van der Waals surface area (Å²) < 4.78 is 0. The Morgan fingerprint density at radius 3 is 2.31 bits per heavy atom.